The fourth-order valence-corrected chi connectivity index (χ4v) is 2.88. The molecular formula is C14H25N3O2S. The summed E-state index contributed by atoms with van der Waals surface area (Å²) < 4.78 is 26.3. The Morgan fingerprint density at radius 3 is 2.35 bits per heavy atom. The molecule has 0 unspecified atom stereocenters. The molecule has 0 saturated heterocycles. The molecule has 6 heteroatoms. The molecule has 1 aromatic carbocycles. The van der Waals surface area contributed by atoms with E-state index in [1.807, 2.05) is 6.92 Å². The van der Waals surface area contributed by atoms with Crippen molar-refractivity contribution in [3.63, 3.8) is 0 Å². The van der Waals surface area contributed by atoms with Crippen LogP contribution in [-0.4, -0.2) is 28.1 Å². The zero-order chi connectivity index (χ0) is 14.8. The quantitative estimate of drug-likeness (QED) is 0.576. The van der Waals surface area contributed by atoms with E-state index < -0.39 is 10.0 Å². The van der Waals surface area contributed by atoms with Gasteiger partial charge in [-0.25, -0.2) is 13.1 Å². The highest BCUT2D eigenvalue weighted by Gasteiger charge is 2.12. The molecule has 0 aliphatic rings. The van der Waals surface area contributed by atoms with E-state index in [1.54, 1.807) is 24.3 Å². The van der Waals surface area contributed by atoms with Crippen LogP contribution < -0.4 is 15.8 Å². The molecule has 114 valence electrons. The van der Waals surface area contributed by atoms with Crippen LogP contribution in [0.5, 0.6) is 0 Å². The lowest BCUT2D eigenvalue weighted by Gasteiger charge is -2.08. The zero-order valence-electron chi connectivity index (χ0n) is 12.1. The molecule has 5 nitrogen and oxygen atoms in total. The minimum atomic E-state index is -3.36. The summed E-state index contributed by atoms with van der Waals surface area (Å²) in [5.41, 5.74) is 6.37. The largest absolute Gasteiger partial charge is 0.385 e. The number of nitrogens with two attached hydrogens (primary N) is 1. The maximum atomic E-state index is 11.9. The van der Waals surface area contributed by atoms with Crippen LogP contribution in [0.25, 0.3) is 0 Å². The van der Waals surface area contributed by atoms with Gasteiger partial charge in [-0.05, 0) is 50.1 Å². The number of hydrogen-bond donors (Lipinski definition) is 3. The minimum Gasteiger partial charge on any atom is -0.385 e. The van der Waals surface area contributed by atoms with Gasteiger partial charge < -0.3 is 11.1 Å². The Balaban J connectivity index is 2.47. The molecule has 0 amide bonds. The van der Waals surface area contributed by atoms with Crippen molar-refractivity contribution < 1.29 is 8.42 Å². The smallest absolute Gasteiger partial charge is 0.240 e. The molecule has 0 spiro atoms. The van der Waals surface area contributed by atoms with Crippen LogP contribution in [-0.2, 0) is 10.0 Å². The second kappa shape index (κ2) is 8.94. The summed E-state index contributed by atoms with van der Waals surface area (Å²) in [6.45, 7) is 4.00. The van der Waals surface area contributed by atoms with Crippen LogP contribution >= 0.6 is 0 Å². The average molecular weight is 299 g/mol. The highest BCUT2D eigenvalue weighted by Crippen LogP contribution is 2.14. The Labute approximate surface area is 122 Å². The van der Waals surface area contributed by atoms with Gasteiger partial charge >= 0.3 is 0 Å². The van der Waals surface area contributed by atoms with Crippen LogP contribution in [0.2, 0.25) is 0 Å². The van der Waals surface area contributed by atoms with E-state index in [1.165, 1.54) is 0 Å². The Morgan fingerprint density at radius 2 is 1.75 bits per heavy atom. The summed E-state index contributed by atoms with van der Waals surface area (Å²) in [4.78, 5) is 0.305. The third-order valence-electron chi connectivity index (χ3n) is 2.92. The van der Waals surface area contributed by atoms with Gasteiger partial charge in [-0.15, -0.1) is 0 Å². The van der Waals surface area contributed by atoms with Gasteiger partial charge in [0.25, 0.3) is 0 Å². The van der Waals surface area contributed by atoms with Crippen LogP contribution in [0.3, 0.4) is 0 Å². The standard InChI is InChI=1S/C14H25N3O2S/c1-2-11-17-20(18,19)14-8-6-13(7-9-14)16-12-5-3-4-10-15/h6-9,16-17H,2-5,10-12,15H2,1H3. The number of sulfonamides is 1. The van der Waals surface area contributed by atoms with Crippen molar-refractivity contribution in [2.75, 3.05) is 25.0 Å². The molecule has 0 fully saturated rings. The molecule has 20 heavy (non-hydrogen) atoms. The van der Waals surface area contributed by atoms with Crippen LogP contribution in [0.1, 0.15) is 32.6 Å². The third kappa shape index (κ3) is 5.90. The summed E-state index contributed by atoms with van der Waals surface area (Å²) in [6, 6.07) is 6.84. The van der Waals surface area contributed by atoms with Crippen molar-refractivity contribution in [2.45, 2.75) is 37.5 Å². The SMILES string of the molecule is CCCNS(=O)(=O)c1ccc(NCCCCCN)cc1. The minimum absolute atomic E-state index is 0.305. The van der Waals surface area contributed by atoms with Crippen LogP contribution in [0.15, 0.2) is 29.2 Å². The summed E-state index contributed by atoms with van der Waals surface area (Å²) in [5, 5.41) is 3.27. The van der Waals surface area contributed by atoms with Crippen molar-refractivity contribution in [1.29, 1.82) is 0 Å². The van der Waals surface area contributed by atoms with E-state index in [-0.39, 0.29) is 0 Å². The molecule has 0 bridgehead atoms. The first-order chi connectivity index (χ1) is 9.60. The van der Waals surface area contributed by atoms with Gasteiger partial charge in [-0.1, -0.05) is 13.3 Å². The maximum absolute atomic E-state index is 11.9. The molecular weight excluding hydrogens is 274 g/mol. The number of anilines is 1. The van der Waals surface area contributed by atoms with Gasteiger partial charge in [0.1, 0.15) is 0 Å². The van der Waals surface area contributed by atoms with E-state index in [4.69, 9.17) is 5.73 Å². The van der Waals surface area contributed by atoms with Gasteiger partial charge in [-0.3, -0.25) is 0 Å². The average Bonchev–Trinajstić information content (AvgIpc) is 2.45. The van der Waals surface area contributed by atoms with E-state index in [2.05, 4.69) is 10.0 Å². The first kappa shape index (κ1) is 16.9. The molecule has 0 aliphatic heterocycles. The maximum Gasteiger partial charge on any atom is 0.240 e. The fraction of sp³-hybridized carbons (Fsp3) is 0.571. The first-order valence-corrected chi connectivity index (χ1v) is 8.62. The van der Waals surface area contributed by atoms with E-state index >= 15 is 0 Å². The van der Waals surface area contributed by atoms with E-state index in [0.29, 0.717) is 11.4 Å². The number of rotatable bonds is 10. The third-order valence-corrected chi connectivity index (χ3v) is 4.39. The predicted molar refractivity (Wildman–Crippen MR) is 83.3 cm³/mol. The molecule has 0 radical (unpaired) electrons. The zero-order valence-corrected chi connectivity index (χ0v) is 12.9. The molecule has 0 saturated carbocycles. The van der Waals surface area contributed by atoms with Crippen molar-refractivity contribution >= 4 is 15.7 Å². The van der Waals surface area contributed by atoms with Gasteiger partial charge in [0, 0.05) is 18.8 Å². The Kier molecular flexibility index (Phi) is 7.58. The topological polar surface area (TPSA) is 84.2 Å². The van der Waals surface area contributed by atoms with E-state index in [0.717, 1.165) is 44.5 Å². The number of unbranched alkanes of at least 4 members (excludes halogenated alkanes) is 2. The lowest BCUT2D eigenvalue weighted by Crippen LogP contribution is -2.24. The molecule has 1 rings (SSSR count). The summed E-state index contributed by atoms with van der Waals surface area (Å²) in [6.07, 6.45) is 4.00. The number of nitrogens with one attached hydrogen (secondary N) is 2. The highest BCUT2D eigenvalue weighted by atomic mass is 32.2. The Morgan fingerprint density at radius 1 is 1.05 bits per heavy atom. The lowest BCUT2D eigenvalue weighted by atomic mass is 10.2. The van der Waals surface area contributed by atoms with Crippen molar-refractivity contribution in [3.05, 3.63) is 24.3 Å². The second-order valence-corrected chi connectivity index (χ2v) is 6.47. The van der Waals surface area contributed by atoms with Crippen LogP contribution in [0, 0.1) is 0 Å². The molecule has 0 aromatic heterocycles. The summed E-state index contributed by atoms with van der Waals surface area (Å²) >= 11 is 0. The van der Waals surface area contributed by atoms with Crippen molar-refractivity contribution in [1.82, 2.24) is 4.72 Å². The predicted octanol–water partition coefficient (Wildman–Crippen LogP) is 1.92. The summed E-state index contributed by atoms with van der Waals surface area (Å²) in [5.74, 6) is 0. The fourth-order valence-electron chi connectivity index (χ4n) is 1.75. The Bertz CT molecular complexity index is 472. The molecule has 4 N–H and O–H groups in total. The number of benzene rings is 1. The van der Waals surface area contributed by atoms with Gasteiger partial charge in [0.05, 0.1) is 4.90 Å². The molecule has 0 atom stereocenters. The molecule has 1 aromatic rings. The molecule has 0 heterocycles. The van der Waals surface area contributed by atoms with Gasteiger partial charge in [0.2, 0.25) is 10.0 Å². The highest BCUT2D eigenvalue weighted by molar-refractivity contribution is 7.89. The first-order valence-electron chi connectivity index (χ1n) is 7.14. The van der Waals surface area contributed by atoms with Gasteiger partial charge in [-0.2, -0.15) is 0 Å². The molecule has 0 aliphatic carbocycles. The van der Waals surface area contributed by atoms with Crippen molar-refractivity contribution in [3.8, 4) is 0 Å². The van der Waals surface area contributed by atoms with Gasteiger partial charge in [0.15, 0.2) is 0 Å². The number of hydrogen-bond acceptors (Lipinski definition) is 4. The summed E-state index contributed by atoms with van der Waals surface area (Å²) in [7, 11) is -3.36. The monoisotopic (exact) mass is 299 g/mol. The van der Waals surface area contributed by atoms with Crippen LogP contribution in [0.4, 0.5) is 5.69 Å². The van der Waals surface area contributed by atoms with Crippen molar-refractivity contribution in [2.24, 2.45) is 5.73 Å². The van der Waals surface area contributed by atoms with E-state index in [9.17, 15) is 8.42 Å². The normalized spacial score (nSPS) is 11.5. The second-order valence-electron chi connectivity index (χ2n) is 4.70. The lowest BCUT2D eigenvalue weighted by molar-refractivity contribution is 0.581. The Hall–Kier alpha value is -1.11.